The highest BCUT2D eigenvalue weighted by atomic mass is 35.5. The average Bonchev–Trinajstić information content (AvgIpc) is 2.63. The molecule has 0 saturated heterocycles. The fourth-order valence-corrected chi connectivity index (χ4v) is 2.12. The van der Waals surface area contributed by atoms with Crippen molar-refractivity contribution in [3.8, 4) is 11.1 Å². The minimum Gasteiger partial charge on any atom is -0.463 e. The lowest BCUT2D eigenvalue weighted by Gasteiger charge is -2.08. The van der Waals surface area contributed by atoms with Crippen molar-refractivity contribution in [2.24, 2.45) is 16.5 Å². The quantitative estimate of drug-likeness (QED) is 0.437. The molecule has 27 heavy (non-hydrogen) atoms. The van der Waals surface area contributed by atoms with Gasteiger partial charge in [0.05, 0.1) is 10.9 Å². The van der Waals surface area contributed by atoms with Crippen molar-refractivity contribution in [1.82, 2.24) is 4.90 Å². The molecule has 5 N–H and O–H groups in total. The van der Waals surface area contributed by atoms with Crippen LogP contribution < -0.4 is 16.9 Å². The summed E-state index contributed by atoms with van der Waals surface area (Å²) in [7, 11) is 3.45. The summed E-state index contributed by atoms with van der Waals surface area (Å²) < 4.78 is 5.48. The summed E-state index contributed by atoms with van der Waals surface area (Å²) >= 11 is 0. The van der Waals surface area contributed by atoms with Crippen LogP contribution in [0.5, 0.6) is 0 Å². The van der Waals surface area contributed by atoms with E-state index in [9.17, 15) is 4.79 Å². The summed E-state index contributed by atoms with van der Waals surface area (Å²) in [5, 5.41) is 7.32. The Labute approximate surface area is 163 Å². The van der Waals surface area contributed by atoms with Crippen LogP contribution >= 0.6 is 12.4 Å². The summed E-state index contributed by atoms with van der Waals surface area (Å²) in [6.07, 6.45) is 1.53. The SMILES string of the molecule is CN(C)C(N)=NC(=N)N.Cl.O=c1c(-c2ccccc2)coc2ccccc12. The minimum atomic E-state index is -0.277. The van der Waals surface area contributed by atoms with Crippen LogP contribution in [0.2, 0.25) is 0 Å². The molecule has 0 atom stereocenters. The molecule has 0 amide bonds. The molecular weight excluding hydrogens is 366 g/mol. The average molecular weight is 388 g/mol. The summed E-state index contributed by atoms with van der Waals surface area (Å²) in [6.45, 7) is 0. The molecule has 0 saturated carbocycles. The largest absolute Gasteiger partial charge is 0.463 e. The van der Waals surface area contributed by atoms with Crippen LogP contribution in [0.4, 0.5) is 0 Å². The molecule has 0 aliphatic carbocycles. The Morgan fingerprint density at radius 1 is 1.04 bits per heavy atom. The number of rotatable bonds is 1. The Balaban J connectivity index is 0.000000316. The van der Waals surface area contributed by atoms with Crippen LogP contribution in [-0.2, 0) is 0 Å². The molecular formula is C19H22ClN5O2. The monoisotopic (exact) mass is 387 g/mol. The number of guanidine groups is 2. The highest BCUT2D eigenvalue weighted by Crippen LogP contribution is 2.18. The van der Waals surface area contributed by atoms with Gasteiger partial charge in [0.25, 0.3) is 0 Å². The van der Waals surface area contributed by atoms with Crippen LogP contribution in [0.15, 0.2) is 75.1 Å². The van der Waals surface area contributed by atoms with E-state index in [0.29, 0.717) is 16.5 Å². The number of aliphatic imine (C=N–C) groups is 1. The van der Waals surface area contributed by atoms with E-state index in [2.05, 4.69) is 4.99 Å². The third-order valence-corrected chi connectivity index (χ3v) is 3.46. The zero-order valence-electron chi connectivity index (χ0n) is 15.0. The lowest BCUT2D eigenvalue weighted by Crippen LogP contribution is -2.32. The number of nitrogens with zero attached hydrogens (tertiary/aromatic N) is 2. The highest BCUT2D eigenvalue weighted by molar-refractivity contribution is 5.91. The predicted octanol–water partition coefficient (Wildman–Crippen LogP) is 2.64. The number of nitrogens with one attached hydrogen (secondary N) is 1. The van der Waals surface area contributed by atoms with Crippen molar-refractivity contribution in [1.29, 1.82) is 5.41 Å². The molecule has 0 spiro atoms. The number of hydrogen-bond acceptors (Lipinski definition) is 3. The molecule has 1 heterocycles. The molecule has 0 aliphatic heterocycles. The molecule has 3 aromatic rings. The van der Waals surface area contributed by atoms with Gasteiger partial charge >= 0.3 is 0 Å². The molecule has 3 rings (SSSR count). The number of fused-ring (bicyclic) bond motifs is 1. The number of benzene rings is 2. The summed E-state index contributed by atoms with van der Waals surface area (Å²) in [5.41, 5.74) is 12.3. The highest BCUT2D eigenvalue weighted by Gasteiger charge is 2.07. The zero-order chi connectivity index (χ0) is 19.1. The van der Waals surface area contributed by atoms with Gasteiger partial charge in [-0.25, -0.2) is 0 Å². The molecule has 0 radical (unpaired) electrons. The van der Waals surface area contributed by atoms with Gasteiger partial charge in [0.2, 0.25) is 5.96 Å². The predicted molar refractivity (Wildman–Crippen MR) is 112 cm³/mol. The summed E-state index contributed by atoms with van der Waals surface area (Å²) in [4.78, 5) is 17.3. The maximum absolute atomic E-state index is 12.3. The first-order valence-corrected chi connectivity index (χ1v) is 7.81. The van der Waals surface area contributed by atoms with E-state index in [-0.39, 0.29) is 29.8 Å². The molecule has 0 fully saturated rings. The van der Waals surface area contributed by atoms with Crippen molar-refractivity contribution in [3.63, 3.8) is 0 Å². The normalized spacial score (nSPS) is 10.4. The van der Waals surface area contributed by atoms with Gasteiger partial charge in [-0.2, -0.15) is 4.99 Å². The molecule has 0 unspecified atom stereocenters. The topological polar surface area (TPSA) is 122 Å². The number of hydrogen-bond donors (Lipinski definition) is 3. The Kier molecular flexibility index (Phi) is 8.03. The van der Waals surface area contributed by atoms with Crippen LogP contribution in [0.1, 0.15) is 0 Å². The Bertz CT molecular complexity index is 984. The van der Waals surface area contributed by atoms with Crippen molar-refractivity contribution in [2.75, 3.05) is 14.1 Å². The van der Waals surface area contributed by atoms with Crippen molar-refractivity contribution in [2.45, 2.75) is 0 Å². The van der Waals surface area contributed by atoms with Gasteiger partial charge in [-0.05, 0) is 17.7 Å². The van der Waals surface area contributed by atoms with Crippen molar-refractivity contribution < 1.29 is 4.42 Å². The van der Waals surface area contributed by atoms with Gasteiger partial charge in [-0.1, -0.05) is 42.5 Å². The second-order valence-corrected chi connectivity index (χ2v) is 5.59. The smallest absolute Gasteiger partial charge is 0.215 e. The first-order valence-electron chi connectivity index (χ1n) is 7.81. The molecule has 142 valence electrons. The van der Waals surface area contributed by atoms with Gasteiger partial charge in [0.1, 0.15) is 11.8 Å². The standard InChI is InChI=1S/C15H10O2.C4H11N5.ClH/c16-15-12-8-4-5-9-14(12)17-10-13(15)11-6-2-1-3-7-11;1-9(2)4(7)8-3(5)6;/h1-10H;1-2H3,(H5,5,6,7,8);1H. The van der Waals surface area contributed by atoms with Crippen molar-refractivity contribution >= 4 is 35.3 Å². The summed E-state index contributed by atoms with van der Waals surface area (Å²) in [6, 6.07) is 16.8. The van der Waals surface area contributed by atoms with Gasteiger partial charge < -0.3 is 20.8 Å². The maximum Gasteiger partial charge on any atom is 0.215 e. The number of nitrogens with two attached hydrogens (primary N) is 2. The second-order valence-electron chi connectivity index (χ2n) is 5.59. The van der Waals surface area contributed by atoms with E-state index in [1.165, 1.54) is 6.26 Å². The number of para-hydroxylation sites is 1. The molecule has 7 nitrogen and oxygen atoms in total. The molecule has 0 bridgehead atoms. The van der Waals surface area contributed by atoms with Crippen LogP contribution in [0, 0.1) is 5.41 Å². The fourth-order valence-electron chi connectivity index (χ4n) is 2.12. The van der Waals surface area contributed by atoms with E-state index < -0.39 is 0 Å². The van der Waals surface area contributed by atoms with Crippen LogP contribution in [0.3, 0.4) is 0 Å². The zero-order valence-corrected chi connectivity index (χ0v) is 15.9. The molecule has 1 aromatic heterocycles. The molecule has 2 aromatic carbocycles. The Hall–Kier alpha value is -3.32. The molecule has 0 aliphatic rings. The Morgan fingerprint density at radius 3 is 2.19 bits per heavy atom. The van der Waals surface area contributed by atoms with Crippen LogP contribution in [0.25, 0.3) is 22.1 Å². The lowest BCUT2D eigenvalue weighted by molar-refractivity contribution is 0.604. The van der Waals surface area contributed by atoms with E-state index in [4.69, 9.17) is 21.3 Å². The van der Waals surface area contributed by atoms with Gasteiger partial charge in [0.15, 0.2) is 11.4 Å². The number of halogens is 1. The first-order chi connectivity index (χ1) is 12.4. The van der Waals surface area contributed by atoms with E-state index in [1.54, 1.807) is 31.1 Å². The van der Waals surface area contributed by atoms with Gasteiger partial charge in [-0.15, -0.1) is 12.4 Å². The summed E-state index contributed by atoms with van der Waals surface area (Å²) in [5.74, 6) is -0.0382. The fraction of sp³-hybridized carbons (Fsp3) is 0.105. The van der Waals surface area contributed by atoms with Gasteiger partial charge in [0, 0.05) is 14.1 Å². The van der Waals surface area contributed by atoms with E-state index >= 15 is 0 Å². The lowest BCUT2D eigenvalue weighted by atomic mass is 10.1. The second kappa shape index (κ2) is 9.98. The van der Waals surface area contributed by atoms with Gasteiger partial charge in [-0.3, -0.25) is 10.2 Å². The first kappa shape index (κ1) is 21.7. The maximum atomic E-state index is 12.3. The third kappa shape index (κ3) is 5.86. The molecule has 8 heteroatoms. The Morgan fingerprint density at radius 2 is 1.63 bits per heavy atom. The van der Waals surface area contributed by atoms with Crippen molar-refractivity contribution in [3.05, 3.63) is 71.1 Å². The van der Waals surface area contributed by atoms with E-state index in [0.717, 1.165) is 5.56 Å². The van der Waals surface area contributed by atoms with Crippen LogP contribution in [-0.4, -0.2) is 30.9 Å². The van der Waals surface area contributed by atoms with E-state index in [1.807, 2.05) is 42.5 Å². The minimum absolute atomic E-state index is 0. The third-order valence-electron chi connectivity index (χ3n) is 3.46.